The zero-order valence-corrected chi connectivity index (χ0v) is 12.0. The molecule has 1 saturated heterocycles. The van der Waals surface area contributed by atoms with E-state index in [2.05, 4.69) is 9.89 Å². The molecule has 0 spiro atoms. The lowest BCUT2D eigenvalue weighted by molar-refractivity contribution is -0.384. The number of benzene rings is 1. The van der Waals surface area contributed by atoms with Gasteiger partial charge in [-0.05, 0) is 12.1 Å². The Balaban J connectivity index is 2.33. The third kappa shape index (κ3) is 3.46. The second-order valence-electron chi connectivity index (χ2n) is 4.37. The molecule has 0 atom stereocenters. The van der Waals surface area contributed by atoms with Gasteiger partial charge in [-0.3, -0.25) is 10.1 Å². The van der Waals surface area contributed by atoms with Gasteiger partial charge in [0.15, 0.2) is 0 Å². The van der Waals surface area contributed by atoms with Crippen molar-refractivity contribution < 1.29 is 9.66 Å². The summed E-state index contributed by atoms with van der Waals surface area (Å²) in [6.07, 6.45) is 0.708. The van der Waals surface area contributed by atoms with E-state index in [1.165, 1.54) is 6.07 Å². The van der Waals surface area contributed by atoms with E-state index in [4.69, 9.17) is 16.3 Å². The summed E-state index contributed by atoms with van der Waals surface area (Å²) in [7, 11) is 0. The van der Waals surface area contributed by atoms with E-state index in [-0.39, 0.29) is 5.69 Å². The summed E-state index contributed by atoms with van der Waals surface area (Å²) in [4.78, 5) is 17.2. The minimum absolute atomic E-state index is 0.0725. The Morgan fingerprint density at radius 1 is 1.50 bits per heavy atom. The maximum absolute atomic E-state index is 11.1. The van der Waals surface area contributed by atoms with Crippen LogP contribution >= 0.6 is 11.6 Å². The molecule has 0 N–H and O–H groups in total. The summed E-state index contributed by atoms with van der Waals surface area (Å²) in [6, 6.07) is 4.52. The van der Waals surface area contributed by atoms with Crippen molar-refractivity contribution in [1.82, 2.24) is 4.90 Å². The first kappa shape index (κ1) is 14.7. The van der Waals surface area contributed by atoms with Crippen molar-refractivity contribution in [2.24, 2.45) is 4.99 Å². The number of rotatable bonds is 3. The molecule has 1 aliphatic rings. The molecule has 108 valence electrons. The Bertz CT molecular complexity index is 528. The Kier molecular flexibility index (Phi) is 4.92. The molecule has 1 fully saturated rings. The molecule has 1 aromatic rings. The molecule has 0 amide bonds. The van der Waals surface area contributed by atoms with E-state index in [1.807, 2.05) is 6.92 Å². The van der Waals surface area contributed by atoms with Crippen LogP contribution in [0.5, 0.6) is 0 Å². The van der Waals surface area contributed by atoms with E-state index in [9.17, 15) is 10.1 Å². The van der Waals surface area contributed by atoms with E-state index in [1.54, 1.807) is 12.1 Å². The molecule has 2 rings (SSSR count). The van der Waals surface area contributed by atoms with Gasteiger partial charge in [-0.1, -0.05) is 18.5 Å². The van der Waals surface area contributed by atoms with Crippen molar-refractivity contribution in [1.29, 1.82) is 0 Å². The van der Waals surface area contributed by atoms with Crippen molar-refractivity contribution in [3.8, 4) is 0 Å². The van der Waals surface area contributed by atoms with Crippen LogP contribution in [0.2, 0.25) is 5.02 Å². The molecule has 20 heavy (non-hydrogen) atoms. The van der Waals surface area contributed by atoms with Crippen molar-refractivity contribution >= 4 is 28.8 Å². The standard InChI is InChI=1S/C13H16ClN3O3/c1-2-13(16-5-7-20-8-6-16)15-11-4-3-10(14)9-12(11)17(18)19/h3-4,9H,2,5-8H2,1H3. The minimum atomic E-state index is -0.461. The van der Waals surface area contributed by atoms with Gasteiger partial charge < -0.3 is 9.64 Å². The van der Waals surface area contributed by atoms with Crippen molar-refractivity contribution in [2.75, 3.05) is 26.3 Å². The average molecular weight is 298 g/mol. The summed E-state index contributed by atoms with van der Waals surface area (Å²) < 4.78 is 5.30. The summed E-state index contributed by atoms with van der Waals surface area (Å²) in [5.41, 5.74) is 0.263. The Hall–Kier alpha value is -1.66. The predicted molar refractivity (Wildman–Crippen MR) is 77.9 cm³/mol. The molecule has 0 saturated carbocycles. The van der Waals surface area contributed by atoms with Crippen LogP contribution in [0.3, 0.4) is 0 Å². The Morgan fingerprint density at radius 2 is 2.20 bits per heavy atom. The number of nitro benzene ring substituents is 1. The zero-order valence-electron chi connectivity index (χ0n) is 11.2. The number of hydrogen-bond donors (Lipinski definition) is 0. The third-order valence-electron chi connectivity index (χ3n) is 3.08. The van der Waals surface area contributed by atoms with Crippen LogP contribution in [0.25, 0.3) is 0 Å². The van der Waals surface area contributed by atoms with Crippen LogP contribution in [0, 0.1) is 10.1 Å². The normalized spacial score (nSPS) is 16.3. The summed E-state index contributed by atoms with van der Waals surface area (Å²) in [5, 5.41) is 11.4. The van der Waals surface area contributed by atoms with E-state index < -0.39 is 4.92 Å². The molecular weight excluding hydrogens is 282 g/mol. The first-order valence-electron chi connectivity index (χ1n) is 6.46. The Morgan fingerprint density at radius 3 is 2.80 bits per heavy atom. The molecule has 1 aliphatic heterocycles. The van der Waals surface area contributed by atoms with E-state index >= 15 is 0 Å². The number of nitro groups is 1. The highest BCUT2D eigenvalue weighted by Gasteiger charge is 2.18. The van der Waals surface area contributed by atoms with Gasteiger partial charge in [-0.25, -0.2) is 4.99 Å². The van der Waals surface area contributed by atoms with Gasteiger partial charge in [0.2, 0.25) is 0 Å². The van der Waals surface area contributed by atoms with Crippen LogP contribution in [-0.4, -0.2) is 42.0 Å². The molecular formula is C13H16ClN3O3. The smallest absolute Gasteiger partial charge is 0.296 e. The molecule has 0 radical (unpaired) electrons. The number of amidine groups is 1. The van der Waals surface area contributed by atoms with Gasteiger partial charge in [-0.2, -0.15) is 0 Å². The summed E-state index contributed by atoms with van der Waals surface area (Å²) >= 11 is 5.80. The van der Waals surface area contributed by atoms with Crippen molar-refractivity contribution in [2.45, 2.75) is 13.3 Å². The van der Waals surface area contributed by atoms with Crippen LogP contribution in [-0.2, 0) is 4.74 Å². The lowest BCUT2D eigenvalue weighted by Crippen LogP contribution is -2.40. The van der Waals surface area contributed by atoms with Crippen LogP contribution in [0.15, 0.2) is 23.2 Å². The number of morpholine rings is 1. The lowest BCUT2D eigenvalue weighted by Gasteiger charge is -2.29. The molecule has 1 heterocycles. The monoisotopic (exact) mass is 297 g/mol. The largest absolute Gasteiger partial charge is 0.378 e. The van der Waals surface area contributed by atoms with Gasteiger partial charge in [-0.15, -0.1) is 0 Å². The van der Waals surface area contributed by atoms with Gasteiger partial charge in [0.25, 0.3) is 5.69 Å². The molecule has 6 nitrogen and oxygen atoms in total. The van der Waals surface area contributed by atoms with Crippen LogP contribution in [0.4, 0.5) is 11.4 Å². The first-order chi connectivity index (χ1) is 9.61. The first-order valence-corrected chi connectivity index (χ1v) is 6.84. The number of aliphatic imine (C=N–C) groups is 1. The highest BCUT2D eigenvalue weighted by molar-refractivity contribution is 6.30. The van der Waals surface area contributed by atoms with Gasteiger partial charge in [0.1, 0.15) is 11.5 Å². The predicted octanol–water partition coefficient (Wildman–Crippen LogP) is 3.02. The number of halogens is 1. The lowest BCUT2D eigenvalue weighted by atomic mass is 10.2. The zero-order chi connectivity index (χ0) is 14.5. The maximum Gasteiger partial charge on any atom is 0.296 e. The highest BCUT2D eigenvalue weighted by atomic mass is 35.5. The van der Waals surface area contributed by atoms with E-state index in [0.29, 0.717) is 30.3 Å². The summed E-state index contributed by atoms with van der Waals surface area (Å²) in [6.45, 7) is 4.81. The van der Waals surface area contributed by atoms with Gasteiger partial charge in [0, 0.05) is 30.6 Å². The molecule has 0 aromatic heterocycles. The second-order valence-corrected chi connectivity index (χ2v) is 4.81. The topological polar surface area (TPSA) is 68.0 Å². The van der Waals surface area contributed by atoms with Gasteiger partial charge in [0.05, 0.1) is 18.1 Å². The highest BCUT2D eigenvalue weighted by Crippen LogP contribution is 2.30. The maximum atomic E-state index is 11.1. The fourth-order valence-corrected chi connectivity index (χ4v) is 2.24. The fraction of sp³-hybridized carbons (Fsp3) is 0.462. The van der Waals surface area contributed by atoms with Crippen molar-refractivity contribution in [3.63, 3.8) is 0 Å². The molecule has 0 aliphatic carbocycles. The molecule has 7 heteroatoms. The number of ether oxygens (including phenoxy) is 1. The SMILES string of the molecule is CCC(=Nc1ccc(Cl)cc1[N+](=O)[O-])N1CCOCC1. The molecule has 0 bridgehead atoms. The minimum Gasteiger partial charge on any atom is -0.378 e. The second kappa shape index (κ2) is 6.67. The van der Waals surface area contributed by atoms with Gasteiger partial charge >= 0.3 is 0 Å². The molecule has 1 aromatic carbocycles. The van der Waals surface area contributed by atoms with Crippen LogP contribution in [0.1, 0.15) is 13.3 Å². The van der Waals surface area contributed by atoms with Crippen LogP contribution < -0.4 is 0 Å². The number of nitrogens with zero attached hydrogens (tertiary/aromatic N) is 3. The quantitative estimate of drug-likeness (QED) is 0.372. The third-order valence-corrected chi connectivity index (χ3v) is 3.31. The van der Waals surface area contributed by atoms with Crippen molar-refractivity contribution in [3.05, 3.63) is 33.3 Å². The summed E-state index contributed by atoms with van der Waals surface area (Å²) in [5.74, 6) is 0.832. The fourth-order valence-electron chi connectivity index (χ4n) is 2.07. The number of hydrogen-bond acceptors (Lipinski definition) is 4. The molecule has 0 unspecified atom stereocenters. The average Bonchev–Trinajstić information content (AvgIpc) is 2.46. The van der Waals surface area contributed by atoms with E-state index in [0.717, 1.165) is 18.9 Å². The Labute approximate surface area is 122 Å².